The summed E-state index contributed by atoms with van der Waals surface area (Å²) in [7, 11) is 0. The number of nitrogens with one attached hydrogen (secondary N) is 1. The molecular weight excluding hydrogens is 274 g/mol. The first kappa shape index (κ1) is 14.8. The number of rotatable bonds is 2. The van der Waals surface area contributed by atoms with Crippen LogP contribution in [0.25, 0.3) is 0 Å². The maximum atomic E-state index is 11.6. The third-order valence-corrected chi connectivity index (χ3v) is 4.68. The lowest BCUT2D eigenvalue weighted by Crippen LogP contribution is -2.21. The Labute approximate surface area is 131 Å². The Morgan fingerprint density at radius 3 is 2.50 bits per heavy atom. The summed E-state index contributed by atoms with van der Waals surface area (Å²) in [6, 6.07) is 9.96. The molecule has 0 bridgehead atoms. The Kier molecular flexibility index (Phi) is 3.75. The zero-order chi connectivity index (χ0) is 15.9. The van der Waals surface area contributed by atoms with Gasteiger partial charge in [0.1, 0.15) is 6.10 Å². The van der Waals surface area contributed by atoms with Crippen molar-refractivity contribution in [3.63, 3.8) is 0 Å². The highest BCUT2D eigenvalue weighted by Gasteiger charge is 2.23. The van der Waals surface area contributed by atoms with Gasteiger partial charge in [-0.1, -0.05) is 30.3 Å². The van der Waals surface area contributed by atoms with Crippen molar-refractivity contribution in [2.24, 2.45) is 0 Å². The van der Waals surface area contributed by atoms with Crippen molar-refractivity contribution >= 4 is 11.6 Å². The molecule has 1 atom stereocenters. The van der Waals surface area contributed by atoms with E-state index in [-0.39, 0.29) is 5.91 Å². The summed E-state index contributed by atoms with van der Waals surface area (Å²) in [4.78, 5) is 11.6. The minimum absolute atomic E-state index is 0.0715. The number of carbonyl (C=O) groups excluding carboxylic acids is 1. The summed E-state index contributed by atoms with van der Waals surface area (Å²) in [5.74, 6) is 0.0715. The highest BCUT2D eigenvalue weighted by Crippen LogP contribution is 2.36. The van der Waals surface area contributed by atoms with E-state index < -0.39 is 6.10 Å². The summed E-state index contributed by atoms with van der Waals surface area (Å²) < 4.78 is 0. The molecular formula is C19H21NO2. The van der Waals surface area contributed by atoms with E-state index in [2.05, 4.69) is 5.32 Å². The van der Waals surface area contributed by atoms with Gasteiger partial charge in [-0.15, -0.1) is 0 Å². The van der Waals surface area contributed by atoms with Gasteiger partial charge in [0, 0.05) is 12.1 Å². The van der Waals surface area contributed by atoms with Crippen LogP contribution in [0.1, 0.15) is 45.9 Å². The quantitative estimate of drug-likeness (QED) is 0.889. The summed E-state index contributed by atoms with van der Waals surface area (Å²) in [6.07, 6.45) is 0.605. The minimum atomic E-state index is -0.636. The van der Waals surface area contributed by atoms with Crippen LogP contribution in [0, 0.1) is 20.8 Å². The third-order valence-electron chi connectivity index (χ3n) is 4.68. The molecule has 1 aliphatic heterocycles. The second-order valence-corrected chi connectivity index (χ2v) is 6.06. The largest absolute Gasteiger partial charge is 0.384 e. The van der Waals surface area contributed by atoms with Crippen molar-refractivity contribution < 1.29 is 9.90 Å². The van der Waals surface area contributed by atoms with Crippen LogP contribution < -0.4 is 5.32 Å². The average Bonchev–Trinajstić information content (AvgIpc) is 2.51. The number of carbonyl (C=O) groups is 1. The first-order valence-corrected chi connectivity index (χ1v) is 7.65. The zero-order valence-electron chi connectivity index (χ0n) is 13.2. The van der Waals surface area contributed by atoms with Crippen LogP contribution in [0.5, 0.6) is 0 Å². The first-order chi connectivity index (χ1) is 10.5. The highest BCUT2D eigenvalue weighted by atomic mass is 16.3. The molecule has 0 saturated heterocycles. The number of hydrogen-bond acceptors (Lipinski definition) is 2. The van der Waals surface area contributed by atoms with Gasteiger partial charge in [-0.25, -0.2) is 0 Å². The van der Waals surface area contributed by atoms with E-state index in [0.717, 1.165) is 45.5 Å². The Hall–Kier alpha value is -2.13. The molecule has 0 radical (unpaired) electrons. The summed E-state index contributed by atoms with van der Waals surface area (Å²) in [6.45, 7) is 6.03. The average molecular weight is 295 g/mol. The first-order valence-electron chi connectivity index (χ1n) is 7.65. The molecule has 2 N–H and O–H groups in total. The summed E-state index contributed by atoms with van der Waals surface area (Å²) >= 11 is 0. The summed E-state index contributed by atoms with van der Waals surface area (Å²) in [5, 5.41) is 13.8. The molecule has 114 valence electrons. The number of hydrogen-bond donors (Lipinski definition) is 2. The molecule has 1 unspecified atom stereocenters. The van der Waals surface area contributed by atoms with E-state index in [1.807, 2.05) is 51.1 Å². The predicted octanol–water partition coefficient (Wildman–Crippen LogP) is 3.58. The smallest absolute Gasteiger partial charge is 0.224 e. The molecule has 0 aromatic heterocycles. The van der Waals surface area contributed by atoms with E-state index in [1.165, 1.54) is 0 Å². The van der Waals surface area contributed by atoms with Crippen LogP contribution in [0.3, 0.4) is 0 Å². The van der Waals surface area contributed by atoms with Crippen LogP contribution in [-0.4, -0.2) is 11.0 Å². The van der Waals surface area contributed by atoms with Gasteiger partial charge in [-0.2, -0.15) is 0 Å². The van der Waals surface area contributed by atoms with E-state index in [1.54, 1.807) is 0 Å². The van der Waals surface area contributed by atoms with Crippen LogP contribution in [-0.2, 0) is 11.2 Å². The molecule has 2 aromatic carbocycles. The number of amides is 1. The molecule has 0 saturated carbocycles. The number of fused-ring (bicyclic) bond motifs is 1. The fourth-order valence-corrected chi connectivity index (χ4v) is 3.18. The van der Waals surface area contributed by atoms with Crippen molar-refractivity contribution in [1.82, 2.24) is 0 Å². The Morgan fingerprint density at radius 1 is 1.05 bits per heavy atom. The topological polar surface area (TPSA) is 49.3 Å². The van der Waals surface area contributed by atoms with Gasteiger partial charge in [0.25, 0.3) is 0 Å². The molecule has 3 heteroatoms. The number of anilines is 1. The van der Waals surface area contributed by atoms with Crippen molar-refractivity contribution in [3.8, 4) is 0 Å². The van der Waals surface area contributed by atoms with Crippen molar-refractivity contribution in [2.75, 3.05) is 5.32 Å². The molecule has 1 amide bonds. The van der Waals surface area contributed by atoms with Gasteiger partial charge in [0.05, 0.1) is 0 Å². The van der Waals surface area contributed by atoms with Crippen LogP contribution >= 0.6 is 0 Å². The van der Waals surface area contributed by atoms with Gasteiger partial charge in [0.15, 0.2) is 0 Å². The van der Waals surface area contributed by atoms with E-state index in [9.17, 15) is 9.90 Å². The third kappa shape index (κ3) is 2.42. The molecule has 1 aliphatic rings. The molecule has 2 aromatic rings. The van der Waals surface area contributed by atoms with Crippen LogP contribution in [0.4, 0.5) is 5.69 Å². The SMILES string of the molecule is Cc1ccccc1C(O)c1cc2c(c(C)c1C)NC(=O)CC2. The number of aliphatic hydroxyl groups excluding tert-OH is 1. The second kappa shape index (κ2) is 5.58. The Morgan fingerprint density at radius 2 is 1.77 bits per heavy atom. The fourth-order valence-electron chi connectivity index (χ4n) is 3.18. The van der Waals surface area contributed by atoms with E-state index >= 15 is 0 Å². The molecule has 3 rings (SSSR count). The van der Waals surface area contributed by atoms with Gasteiger partial charge in [0.2, 0.25) is 5.91 Å². The zero-order valence-corrected chi connectivity index (χ0v) is 13.2. The van der Waals surface area contributed by atoms with Gasteiger partial charge < -0.3 is 10.4 Å². The molecule has 0 spiro atoms. The van der Waals surface area contributed by atoms with Gasteiger partial charge in [-0.3, -0.25) is 4.79 Å². The number of aliphatic hydroxyl groups is 1. The second-order valence-electron chi connectivity index (χ2n) is 6.06. The maximum Gasteiger partial charge on any atom is 0.224 e. The molecule has 22 heavy (non-hydrogen) atoms. The monoisotopic (exact) mass is 295 g/mol. The van der Waals surface area contributed by atoms with Crippen molar-refractivity contribution in [3.05, 3.63) is 63.7 Å². The normalized spacial score (nSPS) is 15.2. The minimum Gasteiger partial charge on any atom is -0.384 e. The maximum absolute atomic E-state index is 11.6. The van der Waals surface area contributed by atoms with Crippen LogP contribution in [0.2, 0.25) is 0 Å². The van der Waals surface area contributed by atoms with E-state index in [0.29, 0.717) is 6.42 Å². The predicted molar refractivity (Wildman–Crippen MR) is 88.1 cm³/mol. The lowest BCUT2D eigenvalue weighted by Gasteiger charge is -2.25. The molecule has 0 aliphatic carbocycles. The van der Waals surface area contributed by atoms with Gasteiger partial charge >= 0.3 is 0 Å². The number of benzene rings is 2. The molecule has 0 fully saturated rings. The van der Waals surface area contributed by atoms with Crippen LogP contribution in [0.15, 0.2) is 30.3 Å². The van der Waals surface area contributed by atoms with Gasteiger partial charge in [-0.05, 0) is 60.6 Å². The summed E-state index contributed by atoms with van der Waals surface area (Å²) in [5.41, 5.74) is 7.08. The standard InChI is InChI=1S/C19H21NO2/c1-11-6-4-5-7-15(11)19(22)16-10-14-8-9-17(21)20-18(14)13(3)12(16)2/h4-7,10,19,22H,8-9H2,1-3H3,(H,20,21). The Balaban J connectivity index is 2.10. The molecule has 3 nitrogen and oxygen atoms in total. The lowest BCUT2D eigenvalue weighted by atomic mass is 9.87. The van der Waals surface area contributed by atoms with Crippen molar-refractivity contribution in [2.45, 2.75) is 39.7 Å². The van der Waals surface area contributed by atoms with E-state index in [4.69, 9.17) is 0 Å². The lowest BCUT2D eigenvalue weighted by molar-refractivity contribution is -0.116. The molecule has 1 heterocycles. The number of aryl methyl sites for hydroxylation is 2. The Bertz CT molecular complexity index is 749. The highest BCUT2D eigenvalue weighted by molar-refractivity contribution is 5.95. The fraction of sp³-hybridized carbons (Fsp3) is 0.316. The van der Waals surface area contributed by atoms with Crippen molar-refractivity contribution in [1.29, 1.82) is 0 Å².